The molecule has 0 saturated carbocycles. The highest BCUT2D eigenvalue weighted by molar-refractivity contribution is 8.00. The number of hydrogen-bond acceptors (Lipinski definition) is 4. The lowest BCUT2D eigenvalue weighted by Gasteiger charge is -2.22. The van der Waals surface area contributed by atoms with Crippen molar-refractivity contribution in [2.45, 2.75) is 30.6 Å². The average Bonchev–Trinajstić information content (AvgIpc) is 2.79. The molecule has 2 heterocycles. The van der Waals surface area contributed by atoms with Gasteiger partial charge >= 0.3 is 5.97 Å². The third-order valence-corrected chi connectivity index (χ3v) is 5.65. The summed E-state index contributed by atoms with van der Waals surface area (Å²) in [6.45, 7) is 0. The zero-order chi connectivity index (χ0) is 12.3. The van der Waals surface area contributed by atoms with Crippen LogP contribution in [0.15, 0.2) is 0 Å². The van der Waals surface area contributed by atoms with Gasteiger partial charge in [0.15, 0.2) is 0 Å². The molecule has 4 nitrogen and oxygen atoms in total. The molecule has 2 N–H and O–H groups in total. The number of nitrogens with one attached hydrogen (secondary N) is 1. The molecule has 2 aliphatic rings. The minimum Gasteiger partial charge on any atom is -0.480 e. The van der Waals surface area contributed by atoms with Gasteiger partial charge < -0.3 is 10.4 Å². The molecule has 0 aromatic heterocycles. The molecule has 17 heavy (non-hydrogen) atoms. The van der Waals surface area contributed by atoms with Crippen LogP contribution in [0.3, 0.4) is 0 Å². The number of hydrogen-bond donors (Lipinski definition) is 2. The minimum atomic E-state index is -0.763. The Labute approximate surface area is 109 Å². The molecule has 2 saturated heterocycles. The number of carbonyl (C=O) groups is 2. The lowest BCUT2D eigenvalue weighted by molar-refractivity contribution is -0.136. The summed E-state index contributed by atoms with van der Waals surface area (Å²) in [4.78, 5) is 22.8. The molecule has 2 fully saturated rings. The summed E-state index contributed by atoms with van der Waals surface area (Å²) in [6, 6.07) is 0.0446. The van der Waals surface area contributed by atoms with Crippen molar-refractivity contribution in [1.29, 1.82) is 0 Å². The Balaban J connectivity index is 1.77. The largest absolute Gasteiger partial charge is 0.480 e. The first-order chi connectivity index (χ1) is 8.16. The molecule has 0 aliphatic carbocycles. The van der Waals surface area contributed by atoms with Crippen molar-refractivity contribution in [3.8, 4) is 0 Å². The van der Waals surface area contributed by atoms with Crippen LogP contribution in [0.4, 0.5) is 0 Å². The van der Waals surface area contributed by atoms with Crippen molar-refractivity contribution in [2.75, 3.05) is 17.3 Å². The topological polar surface area (TPSA) is 66.4 Å². The lowest BCUT2D eigenvalue weighted by atomic mass is 10.0. The van der Waals surface area contributed by atoms with Gasteiger partial charge in [-0.25, -0.2) is 0 Å². The van der Waals surface area contributed by atoms with Crippen molar-refractivity contribution >= 4 is 35.4 Å². The van der Waals surface area contributed by atoms with E-state index >= 15 is 0 Å². The second-order valence-electron chi connectivity index (χ2n) is 4.49. The number of carboxylic acids is 1. The maximum atomic E-state index is 12.0. The summed E-state index contributed by atoms with van der Waals surface area (Å²) in [6.07, 6.45) is 2.48. The summed E-state index contributed by atoms with van der Waals surface area (Å²) in [5.74, 6) is 2.36. The smallest absolute Gasteiger partial charge is 0.316 e. The van der Waals surface area contributed by atoms with Crippen molar-refractivity contribution in [3.63, 3.8) is 0 Å². The lowest BCUT2D eigenvalue weighted by Crippen LogP contribution is -2.40. The van der Waals surface area contributed by atoms with Crippen molar-refractivity contribution in [3.05, 3.63) is 0 Å². The third kappa shape index (κ3) is 3.55. The molecule has 1 amide bonds. The molecular weight excluding hydrogens is 258 g/mol. The van der Waals surface area contributed by atoms with E-state index in [4.69, 9.17) is 5.11 Å². The minimum absolute atomic E-state index is 0.0446. The molecule has 2 atom stereocenters. The number of aliphatic carboxylic acids is 1. The first-order valence-electron chi connectivity index (χ1n) is 5.89. The van der Waals surface area contributed by atoms with Crippen LogP contribution in [-0.2, 0) is 9.59 Å². The molecule has 96 valence electrons. The van der Waals surface area contributed by atoms with Crippen LogP contribution >= 0.6 is 23.5 Å². The SMILES string of the molecule is O=C(N[C@@H]1CS[C@H](C(=O)O)C1)C1CCSCC1. The van der Waals surface area contributed by atoms with Gasteiger partial charge in [-0.1, -0.05) is 0 Å². The van der Waals surface area contributed by atoms with Gasteiger partial charge in [-0.2, -0.15) is 11.8 Å². The Morgan fingerprint density at radius 2 is 1.94 bits per heavy atom. The van der Waals surface area contributed by atoms with Gasteiger partial charge in [0.05, 0.1) is 0 Å². The average molecular weight is 275 g/mol. The van der Waals surface area contributed by atoms with Gasteiger partial charge in [0.2, 0.25) is 5.91 Å². The molecule has 2 rings (SSSR count). The van der Waals surface area contributed by atoms with E-state index in [0.29, 0.717) is 6.42 Å². The third-order valence-electron chi connectivity index (χ3n) is 3.21. The molecule has 0 radical (unpaired) electrons. The van der Waals surface area contributed by atoms with Crippen LogP contribution in [0.25, 0.3) is 0 Å². The van der Waals surface area contributed by atoms with Gasteiger partial charge in [0.1, 0.15) is 5.25 Å². The predicted molar refractivity (Wildman–Crippen MR) is 70.5 cm³/mol. The van der Waals surface area contributed by atoms with Crippen molar-refractivity contribution in [1.82, 2.24) is 5.32 Å². The number of rotatable bonds is 3. The first-order valence-corrected chi connectivity index (χ1v) is 8.09. The standard InChI is InChI=1S/C11H17NO3S2/c13-10(7-1-3-16-4-2-7)12-8-5-9(11(14)15)17-6-8/h7-9H,1-6H2,(H,12,13)(H,14,15)/t8-,9-/m0/s1. The van der Waals surface area contributed by atoms with E-state index in [1.807, 2.05) is 11.8 Å². The first kappa shape index (κ1) is 13.1. The van der Waals surface area contributed by atoms with E-state index in [0.717, 1.165) is 30.1 Å². The van der Waals surface area contributed by atoms with Gasteiger partial charge in [-0.3, -0.25) is 9.59 Å². The summed E-state index contributed by atoms with van der Waals surface area (Å²) in [5.41, 5.74) is 0. The molecule has 6 heteroatoms. The number of thioether (sulfide) groups is 2. The molecule has 0 bridgehead atoms. The maximum Gasteiger partial charge on any atom is 0.316 e. The highest BCUT2D eigenvalue weighted by atomic mass is 32.2. The van der Waals surface area contributed by atoms with Crippen LogP contribution in [0, 0.1) is 5.92 Å². The van der Waals surface area contributed by atoms with Gasteiger partial charge in [-0.15, -0.1) is 11.8 Å². The van der Waals surface area contributed by atoms with Crippen molar-refractivity contribution < 1.29 is 14.7 Å². The fourth-order valence-corrected chi connectivity index (χ4v) is 4.48. The van der Waals surface area contributed by atoms with Gasteiger partial charge in [0, 0.05) is 17.7 Å². The summed E-state index contributed by atoms with van der Waals surface area (Å²) in [5, 5.41) is 11.5. The highest BCUT2D eigenvalue weighted by Gasteiger charge is 2.32. The number of amides is 1. The molecule has 0 aromatic rings. The van der Waals surface area contributed by atoms with Crippen LogP contribution in [0.5, 0.6) is 0 Å². The maximum absolute atomic E-state index is 12.0. The van der Waals surface area contributed by atoms with Gasteiger partial charge in [-0.05, 0) is 30.8 Å². The second-order valence-corrected chi connectivity index (χ2v) is 6.95. The molecule has 0 aromatic carbocycles. The Kier molecular flexibility index (Phi) is 4.62. The summed E-state index contributed by atoms with van der Waals surface area (Å²) >= 11 is 3.33. The van der Waals surface area contributed by atoms with E-state index < -0.39 is 5.97 Å². The Hall–Kier alpha value is -0.360. The van der Waals surface area contributed by atoms with E-state index in [2.05, 4.69) is 5.32 Å². The van der Waals surface area contributed by atoms with E-state index in [1.165, 1.54) is 11.8 Å². The Bertz CT molecular complexity index is 305. The number of carbonyl (C=O) groups excluding carboxylic acids is 1. The molecule has 0 spiro atoms. The molecule has 2 aliphatic heterocycles. The zero-order valence-corrected chi connectivity index (χ0v) is 11.2. The van der Waals surface area contributed by atoms with E-state index in [-0.39, 0.29) is 23.1 Å². The Morgan fingerprint density at radius 3 is 2.53 bits per heavy atom. The normalized spacial score (nSPS) is 30.1. The fraction of sp³-hybridized carbons (Fsp3) is 0.818. The van der Waals surface area contributed by atoms with Crippen LogP contribution < -0.4 is 5.32 Å². The van der Waals surface area contributed by atoms with Crippen LogP contribution in [0.1, 0.15) is 19.3 Å². The quantitative estimate of drug-likeness (QED) is 0.810. The van der Waals surface area contributed by atoms with E-state index in [9.17, 15) is 9.59 Å². The van der Waals surface area contributed by atoms with Crippen LogP contribution in [0.2, 0.25) is 0 Å². The van der Waals surface area contributed by atoms with E-state index in [1.54, 1.807) is 0 Å². The Morgan fingerprint density at radius 1 is 1.24 bits per heavy atom. The summed E-state index contributed by atoms with van der Waals surface area (Å²) in [7, 11) is 0. The number of carboxylic acid groups (broad SMARTS) is 1. The van der Waals surface area contributed by atoms with Crippen LogP contribution in [-0.4, -0.2) is 45.5 Å². The second kappa shape index (κ2) is 6.00. The van der Waals surface area contributed by atoms with Gasteiger partial charge in [0.25, 0.3) is 0 Å². The molecule has 0 unspecified atom stereocenters. The zero-order valence-electron chi connectivity index (χ0n) is 9.55. The monoisotopic (exact) mass is 275 g/mol. The molecular formula is C11H17NO3S2. The summed E-state index contributed by atoms with van der Waals surface area (Å²) < 4.78 is 0. The fourth-order valence-electron chi connectivity index (χ4n) is 2.18. The predicted octanol–water partition coefficient (Wildman–Crippen LogP) is 1.20. The highest BCUT2D eigenvalue weighted by Crippen LogP contribution is 2.28. The van der Waals surface area contributed by atoms with Crippen molar-refractivity contribution in [2.24, 2.45) is 5.92 Å².